The van der Waals surface area contributed by atoms with Crippen LogP contribution in [0.1, 0.15) is 35.2 Å². The molecule has 0 spiro atoms. The summed E-state index contributed by atoms with van der Waals surface area (Å²) in [5.41, 5.74) is 1.63. The first-order valence-electron chi connectivity index (χ1n) is 10.3. The van der Waals surface area contributed by atoms with E-state index in [1.165, 1.54) is 4.90 Å². The van der Waals surface area contributed by atoms with Crippen molar-refractivity contribution >= 4 is 29.3 Å². The lowest BCUT2D eigenvalue weighted by molar-refractivity contribution is -0.137. The highest BCUT2D eigenvalue weighted by Crippen LogP contribution is 2.32. The van der Waals surface area contributed by atoms with E-state index >= 15 is 0 Å². The van der Waals surface area contributed by atoms with Crippen molar-refractivity contribution in [1.29, 1.82) is 0 Å². The topological polar surface area (TPSA) is 114 Å². The molecule has 2 aromatic carbocycles. The van der Waals surface area contributed by atoms with E-state index in [1.54, 1.807) is 49.6 Å². The number of carbonyl (C=O) groups excluding carboxylic acids is 4. The van der Waals surface area contributed by atoms with Crippen LogP contribution in [0.5, 0.6) is 11.5 Å². The van der Waals surface area contributed by atoms with Gasteiger partial charge in [-0.1, -0.05) is 12.1 Å². The van der Waals surface area contributed by atoms with Crippen LogP contribution in [0.3, 0.4) is 0 Å². The third-order valence-electron chi connectivity index (χ3n) is 5.50. The van der Waals surface area contributed by atoms with Crippen molar-refractivity contribution in [1.82, 2.24) is 10.2 Å². The third-order valence-corrected chi connectivity index (χ3v) is 5.50. The molecule has 9 heteroatoms. The van der Waals surface area contributed by atoms with E-state index in [-0.39, 0.29) is 50.1 Å². The van der Waals surface area contributed by atoms with E-state index in [0.29, 0.717) is 28.3 Å². The van der Waals surface area contributed by atoms with Gasteiger partial charge in [0.15, 0.2) is 0 Å². The number of nitrogens with zero attached hydrogens (tertiary/aromatic N) is 1. The largest absolute Gasteiger partial charge is 0.497 e. The lowest BCUT2D eigenvalue weighted by Crippen LogP contribution is -2.52. The van der Waals surface area contributed by atoms with Gasteiger partial charge in [0.2, 0.25) is 17.7 Å². The molecule has 9 nitrogen and oxygen atoms in total. The van der Waals surface area contributed by atoms with Crippen LogP contribution in [0.4, 0.5) is 5.69 Å². The van der Waals surface area contributed by atoms with Crippen molar-refractivity contribution in [3.63, 3.8) is 0 Å². The Morgan fingerprint density at radius 2 is 1.94 bits per heavy atom. The van der Waals surface area contributed by atoms with Gasteiger partial charge in [0.1, 0.15) is 17.5 Å². The summed E-state index contributed by atoms with van der Waals surface area (Å²) in [4.78, 5) is 50.4. The van der Waals surface area contributed by atoms with Gasteiger partial charge in [0.25, 0.3) is 5.91 Å². The minimum absolute atomic E-state index is 0.117. The Morgan fingerprint density at radius 3 is 2.72 bits per heavy atom. The van der Waals surface area contributed by atoms with Gasteiger partial charge in [-0.2, -0.15) is 0 Å². The van der Waals surface area contributed by atoms with E-state index in [9.17, 15) is 19.2 Å². The Labute approximate surface area is 184 Å². The molecule has 1 saturated heterocycles. The Hall–Kier alpha value is -3.88. The Bertz CT molecular complexity index is 1080. The van der Waals surface area contributed by atoms with Crippen LogP contribution in [0.25, 0.3) is 0 Å². The fourth-order valence-corrected chi connectivity index (χ4v) is 3.87. The number of anilines is 1. The van der Waals surface area contributed by atoms with E-state index in [1.807, 2.05) is 0 Å². The summed E-state index contributed by atoms with van der Waals surface area (Å²) in [7, 11) is 1.57. The number of hydrogen-bond donors (Lipinski definition) is 2. The molecule has 166 valence electrons. The number of benzene rings is 2. The summed E-state index contributed by atoms with van der Waals surface area (Å²) in [6.07, 6.45) is 0.590. The van der Waals surface area contributed by atoms with E-state index in [0.717, 1.165) is 0 Å². The van der Waals surface area contributed by atoms with Gasteiger partial charge in [-0.15, -0.1) is 0 Å². The third kappa shape index (κ3) is 4.41. The number of amides is 4. The van der Waals surface area contributed by atoms with Gasteiger partial charge in [-0.05, 0) is 30.7 Å². The molecule has 2 aliphatic heterocycles. The van der Waals surface area contributed by atoms with Crippen LogP contribution in [0.15, 0.2) is 42.5 Å². The van der Waals surface area contributed by atoms with E-state index in [4.69, 9.17) is 9.47 Å². The smallest absolute Gasteiger partial charge is 0.255 e. The predicted octanol–water partition coefficient (Wildman–Crippen LogP) is 1.86. The first-order chi connectivity index (χ1) is 15.5. The van der Waals surface area contributed by atoms with Crippen molar-refractivity contribution in [3.05, 3.63) is 53.6 Å². The number of fused-ring (bicyclic) bond motifs is 1. The lowest BCUT2D eigenvalue weighted by atomic mass is 10.0. The molecule has 0 saturated carbocycles. The molecule has 1 unspecified atom stereocenters. The highest BCUT2D eigenvalue weighted by molar-refractivity contribution is 6.06. The van der Waals surface area contributed by atoms with Crippen LogP contribution in [0.2, 0.25) is 0 Å². The molecule has 0 radical (unpaired) electrons. The molecule has 2 heterocycles. The summed E-state index contributed by atoms with van der Waals surface area (Å²) >= 11 is 0. The summed E-state index contributed by atoms with van der Waals surface area (Å²) in [5.74, 6) is -0.0809. The predicted molar refractivity (Wildman–Crippen MR) is 114 cm³/mol. The molecule has 1 fully saturated rings. The summed E-state index contributed by atoms with van der Waals surface area (Å²) in [6, 6.07) is 11.5. The molecule has 4 amide bonds. The number of ether oxygens (including phenoxy) is 2. The molecule has 32 heavy (non-hydrogen) atoms. The van der Waals surface area contributed by atoms with Crippen LogP contribution in [0, 0.1) is 0 Å². The van der Waals surface area contributed by atoms with Gasteiger partial charge in [-0.25, -0.2) is 0 Å². The van der Waals surface area contributed by atoms with Crippen LogP contribution in [-0.4, -0.2) is 48.3 Å². The molecule has 0 aliphatic carbocycles. The van der Waals surface area contributed by atoms with Crippen molar-refractivity contribution < 1.29 is 28.7 Å². The number of methoxy groups -OCH3 is 1. The van der Waals surface area contributed by atoms with Gasteiger partial charge >= 0.3 is 0 Å². The van der Waals surface area contributed by atoms with Gasteiger partial charge < -0.3 is 19.7 Å². The number of piperidine rings is 1. The standard InChI is InChI=1S/C23H23N3O6/c1-31-14-4-2-5-15(12-14)32-11-10-21(28)24-18-7-3-6-16-17(18)13-26(23(16)30)19-8-9-20(27)25-22(19)29/h2-7,12,19H,8-11,13H2,1H3,(H,24,28)(H,25,27,29). The average molecular weight is 437 g/mol. The first kappa shape index (κ1) is 21.4. The highest BCUT2D eigenvalue weighted by atomic mass is 16.5. The number of imide groups is 1. The lowest BCUT2D eigenvalue weighted by Gasteiger charge is -2.29. The summed E-state index contributed by atoms with van der Waals surface area (Å²) in [5, 5.41) is 5.12. The zero-order valence-corrected chi connectivity index (χ0v) is 17.6. The zero-order chi connectivity index (χ0) is 22.7. The van der Waals surface area contributed by atoms with Crippen LogP contribution >= 0.6 is 0 Å². The maximum Gasteiger partial charge on any atom is 0.255 e. The molecular formula is C23H23N3O6. The fraction of sp³-hybridized carbons (Fsp3) is 0.304. The highest BCUT2D eigenvalue weighted by Gasteiger charge is 2.39. The minimum Gasteiger partial charge on any atom is -0.497 e. The second-order valence-electron chi connectivity index (χ2n) is 7.56. The van der Waals surface area contributed by atoms with Crippen LogP contribution < -0.4 is 20.1 Å². The number of hydrogen-bond acceptors (Lipinski definition) is 6. The van der Waals surface area contributed by atoms with E-state index < -0.39 is 11.9 Å². The van der Waals surface area contributed by atoms with Gasteiger partial charge in [0.05, 0.1) is 20.1 Å². The van der Waals surface area contributed by atoms with Crippen LogP contribution in [-0.2, 0) is 20.9 Å². The quantitative estimate of drug-likeness (QED) is 0.639. The van der Waals surface area contributed by atoms with Gasteiger partial charge in [0, 0.05) is 35.8 Å². The van der Waals surface area contributed by atoms with Crippen molar-refractivity contribution in [2.75, 3.05) is 19.0 Å². The number of nitrogens with one attached hydrogen (secondary N) is 2. The second kappa shape index (κ2) is 9.09. The molecule has 0 bridgehead atoms. The van der Waals surface area contributed by atoms with Crippen molar-refractivity contribution in [2.24, 2.45) is 0 Å². The van der Waals surface area contributed by atoms with Crippen molar-refractivity contribution in [3.8, 4) is 11.5 Å². The maximum atomic E-state index is 12.9. The summed E-state index contributed by atoms with van der Waals surface area (Å²) in [6.45, 7) is 0.368. The number of carbonyl (C=O) groups is 4. The monoisotopic (exact) mass is 437 g/mol. The maximum absolute atomic E-state index is 12.9. The molecule has 2 N–H and O–H groups in total. The molecule has 2 aliphatic rings. The fourth-order valence-electron chi connectivity index (χ4n) is 3.87. The Morgan fingerprint density at radius 1 is 1.16 bits per heavy atom. The molecule has 0 aromatic heterocycles. The number of rotatable bonds is 7. The molecule has 1 atom stereocenters. The summed E-state index contributed by atoms with van der Waals surface area (Å²) < 4.78 is 10.8. The molecule has 4 rings (SSSR count). The first-order valence-corrected chi connectivity index (χ1v) is 10.3. The Balaban J connectivity index is 1.38. The minimum atomic E-state index is -0.701. The second-order valence-corrected chi connectivity index (χ2v) is 7.56. The SMILES string of the molecule is COc1cccc(OCCC(=O)Nc2cccc3c2CN(C2CCC(=O)NC2=O)C3=O)c1. The van der Waals surface area contributed by atoms with E-state index in [2.05, 4.69) is 10.6 Å². The molecule has 2 aromatic rings. The van der Waals surface area contributed by atoms with Gasteiger partial charge in [-0.3, -0.25) is 24.5 Å². The van der Waals surface area contributed by atoms with Crippen molar-refractivity contribution in [2.45, 2.75) is 31.8 Å². The molecular weight excluding hydrogens is 414 g/mol. The Kier molecular flexibility index (Phi) is 6.07. The average Bonchev–Trinajstić information content (AvgIpc) is 3.11. The normalized spacial score (nSPS) is 17.6. The zero-order valence-electron chi connectivity index (χ0n) is 17.6.